The molecule has 86 valence electrons. The van der Waals surface area contributed by atoms with Gasteiger partial charge in [0.2, 0.25) is 0 Å². The van der Waals surface area contributed by atoms with Gasteiger partial charge in [0, 0.05) is 5.41 Å². The highest BCUT2D eigenvalue weighted by Crippen LogP contribution is 2.54. The molecule has 15 heavy (non-hydrogen) atoms. The van der Waals surface area contributed by atoms with E-state index in [4.69, 9.17) is 0 Å². The monoisotopic (exact) mass is 212 g/mol. The van der Waals surface area contributed by atoms with Gasteiger partial charge in [0.1, 0.15) is 12.0 Å². The molecule has 2 aliphatic carbocycles. The van der Waals surface area contributed by atoms with Gasteiger partial charge >= 0.3 is 0 Å². The number of alkyl halides is 1. The Morgan fingerprint density at radius 3 is 2.67 bits per heavy atom. The highest BCUT2D eigenvalue weighted by Gasteiger charge is 2.51. The van der Waals surface area contributed by atoms with Crippen LogP contribution in [0, 0.1) is 17.3 Å². The molecule has 2 aliphatic rings. The summed E-state index contributed by atoms with van der Waals surface area (Å²) >= 11 is 0. The van der Waals surface area contributed by atoms with Gasteiger partial charge in [-0.05, 0) is 50.4 Å². The second-order valence-corrected chi connectivity index (χ2v) is 5.98. The molecule has 0 amide bonds. The van der Waals surface area contributed by atoms with Crippen molar-refractivity contribution in [1.29, 1.82) is 0 Å². The summed E-state index contributed by atoms with van der Waals surface area (Å²) in [7, 11) is 0. The molecule has 2 heteroatoms. The molecule has 0 heterocycles. The first kappa shape index (κ1) is 11.1. The molecular weight excluding hydrogens is 191 g/mol. The number of carbonyl (C=O) groups excluding carboxylic acids is 1. The van der Waals surface area contributed by atoms with Crippen LogP contribution in [0.2, 0.25) is 0 Å². The van der Waals surface area contributed by atoms with Gasteiger partial charge in [0.25, 0.3) is 0 Å². The van der Waals surface area contributed by atoms with Crippen molar-refractivity contribution in [3.8, 4) is 0 Å². The highest BCUT2D eigenvalue weighted by atomic mass is 19.1. The maximum Gasteiger partial charge on any atom is 0.126 e. The van der Waals surface area contributed by atoms with Gasteiger partial charge < -0.3 is 4.79 Å². The SMILES string of the molecule is CCC1(C=O)CC2CC(C)CC(F)(C2)C1. The molecule has 0 saturated heterocycles. The zero-order valence-corrected chi connectivity index (χ0v) is 9.76. The van der Waals surface area contributed by atoms with Gasteiger partial charge in [-0.1, -0.05) is 13.8 Å². The predicted octanol–water partition coefficient (Wildman–Crippen LogP) is 3.52. The van der Waals surface area contributed by atoms with Gasteiger partial charge in [0.05, 0.1) is 0 Å². The minimum Gasteiger partial charge on any atom is -0.303 e. The second-order valence-electron chi connectivity index (χ2n) is 5.98. The van der Waals surface area contributed by atoms with Crippen molar-refractivity contribution in [1.82, 2.24) is 0 Å². The number of rotatable bonds is 2. The molecule has 2 bridgehead atoms. The third-order valence-corrected chi connectivity index (χ3v) is 4.42. The minimum absolute atomic E-state index is 0.349. The quantitative estimate of drug-likeness (QED) is 0.640. The van der Waals surface area contributed by atoms with Crippen molar-refractivity contribution < 1.29 is 9.18 Å². The van der Waals surface area contributed by atoms with Crippen LogP contribution in [-0.4, -0.2) is 12.0 Å². The number of halogens is 1. The molecule has 0 aromatic carbocycles. The molecule has 0 aromatic rings. The molecule has 0 aromatic heterocycles. The average molecular weight is 212 g/mol. The van der Waals surface area contributed by atoms with E-state index in [0.717, 1.165) is 25.5 Å². The normalized spacial score (nSPS) is 50.1. The molecule has 2 rings (SSSR count). The first-order valence-corrected chi connectivity index (χ1v) is 6.16. The van der Waals surface area contributed by atoms with E-state index in [1.807, 2.05) is 6.92 Å². The van der Waals surface area contributed by atoms with Gasteiger partial charge in [-0.25, -0.2) is 4.39 Å². The van der Waals surface area contributed by atoms with E-state index in [9.17, 15) is 9.18 Å². The van der Waals surface area contributed by atoms with Gasteiger partial charge in [-0.2, -0.15) is 0 Å². The number of hydrogen-bond donors (Lipinski definition) is 0. The van der Waals surface area contributed by atoms with Crippen molar-refractivity contribution in [3.63, 3.8) is 0 Å². The standard InChI is InChI=1S/C13H21FO/c1-3-12(9-15)6-11-4-10(2)5-13(14,7-11)8-12/h9-11H,3-8H2,1-2H3. The molecule has 0 spiro atoms. The van der Waals surface area contributed by atoms with E-state index >= 15 is 0 Å². The first-order chi connectivity index (χ1) is 7.01. The van der Waals surface area contributed by atoms with Crippen LogP contribution in [0.4, 0.5) is 4.39 Å². The minimum atomic E-state index is -1.04. The van der Waals surface area contributed by atoms with Crippen LogP contribution >= 0.6 is 0 Å². The fraction of sp³-hybridized carbons (Fsp3) is 0.923. The molecule has 0 radical (unpaired) electrons. The smallest absolute Gasteiger partial charge is 0.126 e. The summed E-state index contributed by atoms with van der Waals surface area (Å²) in [6.07, 6.45) is 5.70. The molecule has 0 N–H and O–H groups in total. The number of fused-ring (bicyclic) bond motifs is 2. The summed E-state index contributed by atoms with van der Waals surface area (Å²) in [4.78, 5) is 11.2. The third-order valence-electron chi connectivity index (χ3n) is 4.42. The Kier molecular flexibility index (Phi) is 2.64. The van der Waals surface area contributed by atoms with E-state index in [0.29, 0.717) is 31.1 Å². The Morgan fingerprint density at radius 2 is 2.13 bits per heavy atom. The van der Waals surface area contributed by atoms with E-state index in [2.05, 4.69) is 6.92 Å². The highest BCUT2D eigenvalue weighted by molar-refractivity contribution is 5.60. The van der Waals surface area contributed by atoms with Crippen LogP contribution in [0.1, 0.15) is 52.4 Å². The Bertz CT molecular complexity index is 261. The van der Waals surface area contributed by atoms with E-state index in [1.54, 1.807) is 0 Å². The lowest BCUT2D eigenvalue weighted by Gasteiger charge is -2.49. The first-order valence-electron chi connectivity index (χ1n) is 6.16. The molecule has 0 aliphatic heterocycles. The third kappa shape index (κ3) is 1.95. The van der Waals surface area contributed by atoms with Crippen LogP contribution in [0.25, 0.3) is 0 Å². The van der Waals surface area contributed by atoms with Crippen LogP contribution in [0.3, 0.4) is 0 Å². The van der Waals surface area contributed by atoms with E-state index in [-0.39, 0.29) is 5.41 Å². The van der Waals surface area contributed by atoms with Crippen molar-refractivity contribution >= 4 is 6.29 Å². The second kappa shape index (κ2) is 3.57. The van der Waals surface area contributed by atoms with Crippen molar-refractivity contribution in [2.45, 2.75) is 58.0 Å². The number of aldehydes is 1. The molecule has 1 nitrogen and oxygen atoms in total. The van der Waals surface area contributed by atoms with Gasteiger partial charge in [-0.15, -0.1) is 0 Å². The Labute approximate surface area is 91.4 Å². The van der Waals surface area contributed by atoms with Crippen LogP contribution in [0.5, 0.6) is 0 Å². The summed E-state index contributed by atoms with van der Waals surface area (Å²) in [5, 5.41) is 0. The summed E-state index contributed by atoms with van der Waals surface area (Å²) in [5.41, 5.74) is -1.39. The van der Waals surface area contributed by atoms with E-state index < -0.39 is 5.67 Å². The summed E-state index contributed by atoms with van der Waals surface area (Å²) in [6, 6.07) is 0. The van der Waals surface area contributed by atoms with Gasteiger partial charge in [0.15, 0.2) is 0 Å². The fourth-order valence-electron chi connectivity index (χ4n) is 3.98. The maximum atomic E-state index is 14.6. The summed E-state index contributed by atoms with van der Waals surface area (Å²) < 4.78 is 14.6. The lowest BCUT2D eigenvalue weighted by atomic mass is 9.57. The zero-order valence-electron chi connectivity index (χ0n) is 9.76. The molecule has 4 unspecified atom stereocenters. The molecule has 4 atom stereocenters. The summed E-state index contributed by atoms with van der Waals surface area (Å²) in [5.74, 6) is 0.938. The van der Waals surface area contributed by atoms with Crippen LogP contribution < -0.4 is 0 Å². The predicted molar refractivity (Wildman–Crippen MR) is 58.4 cm³/mol. The summed E-state index contributed by atoms with van der Waals surface area (Å²) in [6.45, 7) is 4.16. The molecule has 2 fully saturated rings. The molecule has 2 saturated carbocycles. The van der Waals surface area contributed by atoms with Crippen molar-refractivity contribution in [3.05, 3.63) is 0 Å². The Hall–Kier alpha value is -0.400. The van der Waals surface area contributed by atoms with Crippen LogP contribution in [-0.2, 0) is 4.79 Å². The lowest BCUT2D eigenvalue weighted by Crippen LogP contribution is -2.47. The van der Waals surface area contributed by atoms with Crippen LogP contribution in [0.15, 0.2) is 0 Å². The van der Waals surface area contributed by atoms with Crippen molar-refractivity contribution in [2.24, 2.45) is 17.3 Å². The molecular formula is C13H21FO. The Morgan fingerprint density at radius 1 is 1.40 bits per heavy atom. The average Bonchev–Trinajstić information content (AvgIpc) is 2.14. The lowest BCUT2D eigenvalue weighted by molar-refractivity contribution is -0.128. The Balaban J connectivity index is 2.22. The van der Waals surface area contributed by atoms with Crippen molar-refractivity contribution in [2.75, 3.05) is 0 Å². The fourth-order valence-corrected chi connectivity index (χ4v) is 3.98. The number of hydrogen-bond acceptors (Lipinski definition) is 1. The van der Waals surface area contributed by atoms with Gasteiger partial charge in [-0.3, -0.25) is 0 Å². The topological polar surface area (TPSA) is 17.1 Å². The largest absolute Gasteiger partial charge is 0.303 e. The number of carbonyl (C=O) groups is 1. The maximum absolute atomic E-state index is 14.6. The zero-order chi connectivity index (χ0) is 11.1. The van der Waals surface area contributed by atoms with E-state index in [1.165, 1.54) is 0 Å².